The zero-order valence-electron chi connectivity index (χ0n) is 9.29. The number of nitrogens with zero attached hydrogens (tertiary/aromatic N) is 2. The van der Waals surface area contributed by atoms with E-state index in [1.807, 2.05) is 0 Å². The summed E-state index contributed by atoms with van der Waals surface area (Å²) < 4.78 is 0. The largest absolute Gasteiger partial charge is 0.224 e. The SMILES string of the molecule is CCCSc1nc(Cl)nc2sc(CC)cc12. The van der Waals surface area contributed by atoms with E-state index in [2.05, 4.69) is 29.9 Å². The molecule has 5 heteroatoms. The first kappa shape index (κ1) is 12.1. The molecule has 0 saturated heterocycles. The predicted octanol–water partition coefficient (Wildman–Crippen LogP) is 4.41. The van der Waals surface area contributed by atoms with Crippen molar-refractivity contribution in [1.82, 2.24) is 9.97 Å². The maximum Gasteiger partial charge on any atom is 0.224 e. The molecule has 0 unspecified atom stereocenters. The second kappa shape index (κ2) is 5.34. The molecule has 0 spiro atoms. The second-order valence-electron chi connectivity index (χ2n) is 3.43. The Morgan fingerprint density at radius 3 is 2.88 bits per heavy atom. The van der Waals surface area contributed by atoms with Gasteiger partial charge in [-0.3, -0.25) is 0 Å². The monoisotopic (exact) mass is 272 g/mol. The number of aryl methyl sites for hydroxylation is 1. The number of aromatic nitrogens is 2. The standard InChI is InChI=1S/C11H13ClN2S2/c1-3-5-15-9-8-6-7(4-2)16-10(8)14-11(12)13-9/h6H,3-5H2,1-2H3. The van der Waals surface area contributed by atoms with Crippen molar-refractivity contribution >= 4 is 44.9 Å². The minimum absolute atomic E-state index is 0.357. The lowest BCUT2D eigenvalue weighted by molar-refractivity contribution is 1.08. The highest BCUT2D eigenvalue weighted by atomic mass is 35.5. The average molecular weight is 273 g/mol. The van der Waals surface area contributed by atoms with Gasteiger partial charge in [0.2, 0.25) is 5.28 Å². The van der Waals surface area contributed by atoms with Crippen molar-refractivity contribution in [2.75, 3.05) is 5.75 Å². The third-order valence-electron chi connectivity index (χ3n) is 2.17. The molecule has 2 rings (SSSR count). The van der Waals surface area contributed by atoms with E-state index >= 15 is 0 Å². The topological polar surface area (TPSA) is 25.8 Å². The normalized spacial score (nSPS) is 11.2. The summed E-state index contributed by atoms with van der Waals surface area (Å²) in [6, 6.07) is 2.19. The van der Waals surface area contributed by atoms with Crippen molar-refractivity contribution < 1.29 is 0 Å². The summed E-state index contributed by atoms with van der Waals surface area (Å²) in [6.45, 7) is 4.32. The molecule has 2 aromatic heterocycles. The number of fused-ring (bicyclic) bond motifs is 1. The van der Waals surface area contributed by atoms with E-state index in [0.717, 1.165) is 33.8 Å². The molecular weight excluding hydrogens is 260 g/mol. The lowest BCUT2D eigenvalue weighted by Gasteiger charge is -2.00. The smallest absolute Gasteiger partial charge is 0.211 e. The van der Waals surface area contributed by atoms with Gasteiger partial charge in [0, 0.05) is 10.3 Å². The van der Waals surface area contributed by atoms with E-state index in [1.165, 1.54) is 4.88 Å². The molecule has 0 atom stereocenters. The average Bonchev–Trinajstić information content (AvgIpc) is 2.68. The Morgan fingerprint density at radius 2 is 2.19 bits per heavy atom. The van der Waals surface area contributed by atoms with E-state index in [4.69, 9.17) is 11.6 Å². The molecule has 0 radical (unpaired) electrons. The molecule has 0 aliphatic rings. The maximum atomic E-state index is 5.93. The van der Waals surface area contributed by atoms with Crippen molar-refractivity contribution in [1.29, 1.82) is 0 Å². The first-order valence-corrected chi connectivity index (χ1v) is 7.51. The van der Waals surface area contributed by atoms with Crippen molar-refractivity contribution in [3.63, 3.8) is 0 Å². The summed E-state index contributed by atoms with van der Waals surface area (Å²) in [5, 5.41) is 2.54. The van der Waals surface area contributed by atoms with E-state index in [0.29, 0.717) is 5.28 Å². The third-order valence-corrected chi connectivity index (χ3v) is 4.71. The number of hydrogen-bond donors (Lipinski definition) is 0. The van der Waals surface area contributed by atoms with Gasteiger partial charge in [0.05, 0.1) is 0 Å². The zero-order chi connectivity index (χ0) is 11.5. The molecule has 0 fully saturated rings. The van der Waals surface area contributed by atoms with E-state index in [9.17, 15) is 0 Å². The molecule has 86 valence electrons. The first-order chi connectivity index (χ1) is 7.74. The molecule has 0 N–H and O–H groups in total. The molecule has 0 aliphatic heterocycles. The van der Waals surface area contributed by atoms with E-state index in [1.54, 1.807) is 23.1 Å². The summed E-state index contributed by atoms with van der Waals surface area (Å²) in [7, 11) is 0. The Balaban J connectivity index is 2.48. The van der Waals surface area contributed by atoms with Gasteiger partial charge in [-0.2, -0.15) is 0 Å². The van der Waals surface area contributed by atoms with Gasteiger partial charge in [-0.15, -0.1) is 23.1 Å². The predicted molar refractivity (Wildman–Crippen MR) is 72.8 cm³/mol. The van der Waals surface area contributed by atoms with Crippen LogP contribution in [0.5, 0.6) is 0 Å². The van der Waals surface area contributed by atoms with Crippen LogP contribution >= 0.6 is 34.7 Å². The van der Waals surface area contributed by atoms with Crippen molar-refractivity contribution in [2.24, 2.45) is 0 Å². The van der Waals surface area contributed by atoms with Crippen LogP contribution in [0.3, 0.4) is 0 Å². The highest BCUT2D eigenvalue weighted by molar-refractivity contribution is 7.99. The fourth-order valence-electron chi connectivity index (χ4n) is 1.40. The Morgan fingerprint density at radius 1 is 1.38 bits per heavy atom. The van der Waals surface area contributed by atoms with Crippen LogP contribution in [-0.4, -0.2) is 15.7 Å². The van der Waals surface area contributed by atoms with Crippen LogP contribution in [0.1, 0.15) is 25.1 Å². The molecule has 2 aromatic rings. The second-order valence-corrected chi connectivity index (χ2v) is 5.97. The van der Waals surface area contributed by atoms with Crippen LogP contribution in [0.25, 0.3) is 10.2 Å². The Kier molecular flexibility index (Phi) is 4.05. The fraction of sp³-hybridized carbons (Fsp3) is 0.455. The lowest BCUT2D eigenvalue weighted by atomic mass is 10.3. The summed E-state index contributed by atoms with van der Waals surface area (Å²) in [6.07, 6.45) is 2.18. The minimum Gasteiger partial charge on any atom is -0.211 e. The summed E-state index contributed by atoms with van der Waals surface area (Å²) in [4.78, 5) is 10.9. The van der Waals surface area contributed by atoms with Gasteiger partial charge in [-0.25, -0.2) is 9.97 Å². The van der Waals surface area contributed by atoms with E-state index < -0.39 is 0 Å². The highest BCUT2D eigenvalue weighted by Gasteiger charge is 2.10. The molecule has 2 nitrogen and oxygen atoms in total. The molecule has 0 aliphatic carbocycles. The lowest BCUT2D eigenvalue weighted by Crippen LogP contribution is -1.87. The van der Waals surface area contributed by atoms with Crippen molar-refractivity contribution in [3.8, 4) is 0 Å². The van der Waals surface area contributed by atoms with Gasteiger partial charge in [0.25, 0.3) is 0 Å². The minimum atomic E-state index is 0.357. The fourth-order valence-corrected chi connectivity index (χ4v) is 3.56. The van der Waals surface area contributed by atoms with Gasteiger partial charge >= 0.3 is 0 Å². The number of thioether (sulfide) groups is 1. The molecule has 0 aromatic carbocycles. The van der Waals surface area contributed by atoms with Gasteiger partial charge < -0.3 is 0 Å². The number of rotatable bonds is 4. The van der Waals surface area contributed by atoms with E-state index in [-0.39, 0.29) is 0 Å². The van der Waals surface area contributed by atoms with Crippen LogP contribution in [0.4, 0.5) is 0 Å². The van der Waals surface area contributed by atoms with Gasteiger partial charge in [-0.05, 0) is 36.3 Å². The Hall–Kier alpha value is -0.320. The number of thiophene rings is 1. The molecule has 2 heterocycles. The Bertz CT molecular complexity index is 496. The summed E-state index contributed by atoms with van der Waals surface area (Å²) in [5.41, 5.74) is 0. The van der Waals surface area contributed by atoms with Gasteiger partial charge in [-0.1, -0.05) is 13.8 Å². The maximum absolute atomic E-state index is 5.93. The third kappa shape index (κ3) is 2.50. The summed E-state index contributed by atoms with van der Waals surface area (Å²) >= 11 is 9.40. The van der Waals surface area contributed by atoms with Crippen LogP contribution in [-0.2, 0) is 6.42 Å². The van der Waals surface area contributed by atoms with Crippen LogP contribution in [0, 0.1) is 0 Å². The van der Waals surface area contributed by atoms with Crippen LogP contribution in [0.2, 0.25) is 5.28 Å². The molecular formula is C11H13ClN2S2. The molecule has 16 heavy (non-hydrogen) atoms. The quantitative estimate of drug-likeness (QED) is 0.468. The Labute approximate surface area is 108 Å². The van der Waals surface area contributed by atoms with Crippen LogP contribution < -0.4 is 0 Å². The van der Waals surface area contributed by atoms with Gasteiger partial charge in [0.1, 0.15) is 9.86 Å². The number of hydrogen-bond acceptors (Lipinski definition) is 4. The molecule has 0 bridgehead atoms. The highest BCUT2D eigenvalue weighted by Crippen LogP contribution is 2.32. The van der Waals surface area contributed by atoms with Crippen molar-refractivity contribution in [2.45, 2.75) is 31.7 Å². The molecule has 0 saturated carbocycles. The first-order valence-electron chi connectivity index (χ1n) is 5.33. The number of halogens is 1. The van der Waals surface area contributed by atoms with Crippen LogP contribution in [0.15, 0.2) is 11.1 Å². The molecule has 0 amide bonds. The van der Waals surface area contributed by atoms with Gasteiger partial charge in [0.15, 0.2) is 0 Å². The zero-order valence-corrected chi connectivity index (χ0v) is 11.7. The van der Waals surface area contributed by atoms with Crippen molar-refractivity contribution in [3.05, 3.63) is 16.2 Å². The summed E-state index contributed by atoms with van der Waals surface area (Å²) in [5.74, 6) is 1.07.